The number of likely N-dealkylation sites (tertiary alicyclic amines) is 1. The summed E-state index contributed by atoms with van der Waals surface area (Å²) in [5, 5.41) is 25.3. The lowest BCUT2D eigenvalue weighted by atomic mass is 9.85. The number of anilines is 2. The number of pyridine rings is 1. The maximum atomic E-state index is 14.0. The molecular weight excluding hydrogens is 1080 g/mol. The maximum Gasteiger partial charge on any atom is 0.405 e. The number of β-amino-alcohol motifs (C(OH)–C–C–N with tert-alkyl or cyclic N) is 1. The van der Waals surface area contributed by atoms with Crippen LogP contribution in [-0.2, 0) is 30.3 Å². The van der Waals surface area contributed by atoms with Crippen LogP contribution in [0.4, 0.5) is 24.7 Å². The van der Waals surface area contributed by atoms with Gasteiger partial charge in [-0.15, -0.1) is 11.3 Å². The first-order valence-electron chi connectivity index (χ1n) is 26.4. The SMILES string of the molecule is Cc1ncsc1-c1ccc(CCC(=O)C2C[C@@H](O)CN2C(=O)[C@@H](NC(=O)CCCOCCOCCCCCNC(=O)c2ccc(-n3cc(NC(=O)c4coc(-c5ccnc(NCC(F)(F)F)c5)n4)c(C(N)=O)n3)cc2)C(C)(C)C)cc1. The Labute approximate surface area is 469 Å². The van der Waals surface area contributed by atoms with Crippen LogP contribution < -0.4 is 27.0 Å². The molecule has 1 unspecified atom stereocenters. The van der Waals surface area contributed by atoms with E-state index in [1.165, 1.54) is 34.1 Å². The number of Topliss-reactive ketones (excluding diaryl/α,β-unsaturated/α-hetero) is 1. The van der Waals surface area contributed by atoms with Gasteiger partial charge >= 0.3 is 6.18 Å². The molecule has 25 heteroatoms. The summed E-state index contributed by atoms with van der Waals surface area (Å²) in [6.07, 6.45) is 1.98. The van der Waals surface area contributed by atoms with Gasteiger partial charge in [0.15, 0.2) is 17.2 Å². The van der Waals surface area contributed by atoms with Crippen LogP contribution in [-0.4, -0.2) is 140 Å². The van der Waals surface area contributed by atoms with Gasteiger partial charge in [0, 0.05) is 62.9 Å². The van der Waals surface area contributed by atoms with Gasteiger partial charge in [-0.3, -0.25) is 28.8 Å². The first-order chi connectivity index (χ1) is 38.6. The standard InChI is InChI=1S/C56H66F3N11O10S/c1-34-48(81-33-64-34)36-13-10-35(11-14-36)12-19-44(72)43-28-40(71)29-69(43)54(77)49(55(2,3)4)67-46(73)9-8-24-79-26-25-78-23-7-5-6-21-62-51(75)37-15-17-39(18-16-37)70-30-41(47(68-70)50(60)74)65-52(76)42-31-80-53(66-42)38-20-22-61-45(27-38)63-32-56(57,58)59/h10-11,13-18,20,22,27,30-31,33,40,43,49,71H,5-9,12,19,21,23-26,28-29,32H2,1-4H3,(H2,60,74)(H,61,63)(H,62,75)(H,65,76)(H,67,73)/t40-,43?,49-/m1/s1. The van der Waals surface area contributed by atoms with Gasteiger partial charge in [-0.25, -0.2) is 19.6 Å². The van der Waals surface area contributed by atoms with Gasteiger partial charge in [-0.2, -0.15) is 18.3 Å². The number of thiazole rings is 1. The molecule has 0 radical (unpaired) electrons. The average Bonchev–Trinajstić information content (AvgIpc) is 4.32. The second-order valence-corrected chi connectivity index (χ2v) is 21.3. The van der Waals surface area contributed by atoms with Gasteiger partial charge < -0.3 is 50.9 Å². The number of carbonyl (C=O) groups excluding carboxylic acids is 6. The summed E-state index contributed by atoms with van der Waals surface area (Å²) < 4.78 is 56.0. The van der Waals surface area contributed by atoms with E-state index in [1.807, 2.05) is 57.5 Å². The van der Waals surface area contributed by atoms with Crippen LogP contribution in [0.2, 0.25) is 0 Å². The number of rotatable bonds is 28. The minimum Gasteiger partial charge on any atom is -0.444 e. The zero-order valence-electron chi connectivity index (χ0n) is 45.3. The van der Waals surface area contributed by atoms with Gasteiger partial charge in [-0.1, -0.05) is 45.0 Å². The molecule has 0 saturated carbocycles. The molecule has 4 aromatic heterocycles. The number of nitrogens with two attached hydrogens (primary N) is 1. The van der Waals surface area contributed by atoms with Crippen molar-refractivity contribution in [1.82, 2.24) is 40.3 Å². The molecule has 1 aliphatic rings. The van der Waals surface area contributed by atoms with Gasteiger partial charge in [0.05, 0.1) is 59.0 Å². The van der Waals surface area contributed by atoms with E-state index in [0.29, 0.717) is 63.5 Å². The number of aliphatic hydroxyl groups excluding tert-OH is 1. The Hall–Kier alpha value is -7.87. The van der Waals surface area contributed by atoms with Crippen LogP contribution >= 0.6 is 11.3 Å². The fraction of sp³-hybridized carbons (Fsp3) is 0.429. The van der Waals surface area contributed by atoms with Crippen molar-refractivity contribution < 1.29 is 60.9 Å². The third kappa shape index (κ3) is 17.6. The number of oxazole rings is 1. The van der Waals surface area contributed by atoms with Gasteiger partial charge in [0.1, 0.15) is 24.7 Å². The Morgan fingerprint density at radius 2 is 1.62 bits per heavy atom. The Morgan fingerprint density at radius 1 is 0.889 bits per heavy atom. The van der Waals surface area contributed by atoms with Gasteiger partial charge in [0.2, 0.25) is 17.7 Å². The number of primary amides is 1. The third-order valence-corrected chi connectivity index (χ3v) is 14.1. The predicted octanol–water partition coefficient (Wildman–Crippen LogP) is 7.09. The number of ketones is 1. The third-order valence-electron chi connectivity index (χ3n) is 13.1. The number of carbonyl (C=O) groups is 6. The summed E-state index contributed by atoms with van der Waals surface area (Å²) in [6.45, 7) is 8.15. The topological polar surface area (TPSA) is 288 Å². The highest BCUT2D eigenvalue weighted by atomic mass is 32.1. The molecule has 1 aliphatic heterocycles. The van der Waals surface area contributed by atoms with Crippen molar-refractivity contribution in [2.75, 3.05) is 56.7 Å². The zero-order chi connectivity index (χ0) is 58.3. The number of ether oxygens (including phenoxy) is 2. The van der Waals surface area contributed by atoms with Crippen LogP contribution in [0.3, 0.4) is 0 Å². The summed E-state index contributed by atoms with van der Waals surface area (Å²) in [4.78, 5) is 93.8. The molecule has 2 aromatic carbocycles. The predicted molar refractivity (Wildman–Crippen MR) is 294 cm³/mol. The molecule has 7 rings (SSSR count). The Balaban J connectivity index is 0.745. The van der Waals surface area contributed by atoms with E-state index in [4.69, 9.17) is 19.6 Å². The highest BCUT2D eigenvalue weighted by Crippen LogP contribution is 2.30. The molecule has 7 N–H and O–H groups in total. The fourth-order valence-electron chi connectivity index (χ4n) is 8.81. The number of aryl methyl sites for hydroxylation is 2. The molecule has 5 amide bonds. The molecule has 21 nitrogen and oxygen atoms in total. The number of hydrogen-bond donors (Lipinski definition) is 6. The Morgan fingerprint density at radius 3 is 2.30 bits per heavy atom. The first kappa shape index (κ1) is 60.8. The highest BCUT2D eigenvalue weighted by molar-refractivity contribution is 7.13. The van der Waals surface area contributed by atoms with Crippen LogP contribution in [0.15, 0.2) is 89.2 Å². The molecule has 0 bridgehead atoms. The number of nitrogens with zero attached hydrogens (tertiary/aromatic N) is 6. The normalized spacial score (nSPS) is 14.8. The van der Waals surface area contributed by atoms with Crippen molar-refractivity contribution in [1.29, 1.82) is 0 Å². The molecule has 432 valence electrons. The summed E-state index contributed by atoms with van der Waals surface area (Å²) in [5.41, 5.74) is 10.3. The minimum absolute atomic E-state index is 0.0175. The van der Waals surface area contributed by atoms with Crippen molar-refractivity contribution in [2.45, 2.75) is 103 Å². The molecule has 81 heavy (non-hydrogen) atoms. The lowest BCUT2D eigenvalue weighted by molar-refractivity contribution is -0.143. The molecular formula is C56H66F3N11O10S. The van der Waals surface area contributed by atoms with E-state index in [9.17, 15) is 47.0 Å². The monoisotopic (exact) mass is 1140 g/mol. The second kappa shape index (κ2) is 28.0. The van der Waals surface area contributed by atoms with E-state index < -0.39 is 54.0 Å². The number of aromatic nitrogens is 5. The quantitative estimate of drug-likeness (QED) is 0.0268. The number of unbranched alkanes of at least 4 members (excludes halogenated alkanes) is 2. The number of benzene rings is 2. The summed E-state index contributed by atoms with van der Waals surface area (Å²) in [5.74, 6) is -3.03. The average molecular weight is 1140 g/mol. The molecule has 1 fully saturated rings. The zero-order valence-corrected chi connectivity index (χ0v) is 46.2. The maximum absolute atomic E-state index is 14.0. The van der Waals surface area contributed by atoms with Crippen LogP contribution in [0.1, 0.15) is 108 Å². The molecule has 6 aromatic rings. The highest BCUT2D eigenvalue weighted by Gasteiger charge is 2.44. The fourth-order valence-corrected chi connectivity index (χ4v) is 9.62. The van der Waals surface area contributed by atoms with Gasteiger partial charge in [0.25, 0.3) is 17.7 Å². The van der Waals surface area contributed by atoms with Crippen molar-refractivity contribution in [3.8, 4) is 27.6 Å². The Bertz CT molecular complexity index is 3120. The summed E-state index contributed by atoms with van der Waals surface area (Å²) >= 11 is 1.58. The largest absolute Gasteiger partial charge is 0.444 e. The van der Waals surface area contributed by atoms with Crippen molar-refractivity contribution >= 4 is 58.2 Å². The van der Waals surface area contributed by atoms with E-state index >= 15 is 0 Å². The number of nitrogens with one attached hydrogen (secondary N) is 4. The van der Waals surface area contributed by atoms with E-state index in [1.54, 1.807) is 35.6 Å². The molecule has 5 heterocycles. The summed E-state index contributed by atoms with van der Waals surface area (Å²) in [7, 11) is 0. The lowest BCUT2D eigenvalue weighted by Gasteiger charge is -2.35. The van der Waals surface area contributed by atoms with Crippen LogP contribution in [0.25, 0.3) is 27.6 Å². The van der Waals surface area contributed by atoms with Gasteiger partial charge in [-0.05, 0) is 92.0 Å². The van der Waals surface area contributed by atoms with Crippen molar-refractivity contribution in [3.05, 3.63) is 113 Å². The molecule has 3 atom stereocenters. The summed E-state index contributed by atoms with van der Waals surface area (Å²) in [6, 6.07) is 15.4. The van der Waals surface area contributed by atoms with Crippen LogP contribution in [0, 0.1) is 12.3 Å². The van der Waals surface area contributed by atoms with Crippen molar-refractivity contribution in [2.24, 2.45) is 11.1 Å². The molecule has 0 spiro atoms. The second-order valence-electron chi connectivity index (χ2n) is 20.5. The smallest absolute Gasteiger partial charge is 0.405 e. The Kier molecular flexibility index (Phi) is 21.0. The molecule has 0 aliphatic carbocycles. The minimum atomic E-state index is -4.47. The van der Waals surface area contributed by atoms with E-state index in [2.05, 4.69) is 41.3 Å². The van der Waals surface area contributed by atoms with Crippen molar-refractivity contribution in [3.63, 3.8) is 0 Å². The number of amides is 5. The number of aliphatic hydroxyl groups is 1. The number of halogens is 3. The van der Waals surface area contributed by atoms with E-state index in [0.717, 1.165) is 40.8 Å². The van der Waals surface area contributed by atoms with E-state index in [-0.39, 0.29) is 77.8 Å². The number of alkyl halides is 3. The van der Waals surface area contributed by atoms with Crippen LogP contribution in [0.5, 0.6) is 0 Å². The number of hydrogen-bond acceptors (Lipinski definition) is 16. The lowest BCUT2D eigenvalue weighted by Crippen LogP contribution is -2.56. The molecule has 1 saturated heterocycles. The first-order valence-corrected chi connectivity index (χ1v) is 27.3.